The summed E-state index contributed by atoms with van der Waals surface area (Å²) in [4.78, 5) is 14.2. The van der Waals surface area contributed by atoms with E-state index < -0.39 is 0 Å². The summed E-state index contributed by atoms with van der Waals surface area (Å²) in [6, 6.07) is 9.61. The molecule has 0 unspecified atom stereocenters. The molecule has 1 aromatic rings. The number of benzene rings is 1. The molecule has 0 saturated heterocycles. The van der Waals surface area contributed by atoms with Crippen molar-refractivity contribution in [2.45, 2.75) is 4.90 Å². The molecular weight excluding hydrogens is 170 g/mol. The Kier molecular flexibility index (Phi) is 3.33. The van der Waals surface area contributed by atoms with Gasteiger partial charge < -0.3 is 0 Å². The van der Waals surface area contributed by atoms with Gasteiger partial charge in [0.25, 0.3) is 0 Å². The van der Waals surface area contributed by atoms with Gasteiger partial charge in [-0.15, -0.1) is 0 Å². The zero-order valence-electron chi connectivity index (χ0n) is 6.36. The lowest BCUT2D eigenvalue weighted by Crippen LogP contribution is -1.69. The zero-order valence-corrected chi connectivity index (χ0v) is 7.17. The molecule has 0 saturated carbocycles. The van der Waals surface area contributed by atoms with Crippen LogP contribution in [0.3, 0.4) is 0 Å². The molecule has 3 heteroatoms. The fourth-order valence-corrected chi connectivity index (χ4v) is 1.35. The molecule has 0 aliphatic rings. The number of nitrogens with zero attached hydrogens (tertiary/aromatic N) is 1. The molecule has 0 aliphatic heterocycles. The average molecular weight is 177 g/mol. The minimum atomic E-state index is 0.455. The number of hydrogen-bond donors (Lipinski definition) is 0. The van der Waals surface area contributed by atoms with Crippen LogP contribution >= 0.6 is 11.8 Å². The first kappa shape index (κ1) is 8.78. The summed E-state index contributed by atoms with van der Waals surface area (Å²) >= 11 is 1.34. The van der Waals surface area contributed by atoms with Crippen LogP contribution in [0.5, 0.6) is 0 Å². The van der Waals surface area contributed by atoms with E-state index in [1.807, 2.05) is 30.3 Å². The molecular formula is C9H7NOS. The highest BCUT2D eigenvalue weighted by atomic mass is 32.2. The van der Waals surface area contributed by atoms with Gasteiger partial charge in [-0.1, -0.05) is 36.5 Å². The maximum atomic E-state index is 9.84. The fourth-order valence-electron chi connectivity index (χ4n) is 0.698. The van der Waals surface area contributed by atoms with Crippen molar-refractivity contribution in [3.05, 3.63) is 41.9 Å². The minimum absolute atomic E-state index is 0.455. The molecule has 0 spiro atoms. The third-order valence-electron chi connectivity index (χ3n) is 1.15. The van der Waals surface area contributed by atoms with Gasteiger partial charge in [0.15, 0.2) is 0 Å². The summed E-state index contributed by atoms with van der Waals surface area (Å²) in [7, 11) is 0. The number of carbonyl (C=O) groups excluding carboxylic acids is 1. The van der Waals surface area contributed by atoms with E-state index in [-0.39, 0.29) is 0 Å². The van der Waals surface area contributed by atoms with Gasteiger partial charge in [0.05, 0.1) is 0 Å². The third kappa shape index (κ3) is 2.74. The van der Waals surface area contributed by atoms with Crippen LogP contribution in [0.4, 0.5) is 0 Å². The second-order valence-electron chi connectivity index (χ2n) is 2.01. The molecule has 0 aromatic heterocycles. The summed E-state index contributed by atoms with van der Waals surface area (Å²) in [6.45, 7) is 3.57. The number of thioether (sulfide) groups is 1. The normalized spacial score (nSPS) is 8.67. The molecule has 12 heavy (non-hydrogen) atoms. The first-order chi connectivity index (χ1) is 5.83. The van der Waals surface area contributed by atoms with Crippen molar-refractivity contribution in [3.8, 4) is 0 Å². The number of aliphatic imine (C=N–C) groups is 1. The Balaban J connectivity index is 2.64. The van der Waals surface area contributed by atoms with Gasteiger partial charge in [-0.05, 0) is 12.1 Å². The zero-order chi connectivity index (χ0) is 8.81. The Morgan fingerprint density at radius 3 is 2.67 bits per heavy atom. The first-order valence-corrected chi connectivity index (χ1v) is 4.14. The minimum Gasteiger partial charge on any atom is -0.211 e. The van der Waals surface area contributed by atoms with E-state index in [4.69, 9.17) is 0 Å². The second-order valence-corrected chi connectivity index (χ2v) is 3.16. The fraction of sp³-hybridized carbons (Fsp3) is 0. The lowest BCUT2D eigenvalue weighted by Gasteiger charge is -1.96. The van der Waals surface area contributed by atoms with Crippen molar-refractivity contribution in [1.82, 2.24) is 0 Å². The summed E-state index contributed by atoms with van der Waals surface area (Å²) < 4.78 is 0. The lowest BCUT2D eigenvalue weighted by atomic mass is 10.4. The van der Waals surface area contributed by atoms with E-state index >= 15 is 0 Å². The number of rotatable bonds is 3. The maximum absolute atomic E-state index is 9.84. The molecule has 0 fully saturated rings. The monoisotopic (exact) mass is 177 g/mol. The van der Waals surface area contributed by atoms with Crippen LogP contribution in [-0.2, 0) is 4.79 Å². The Hall–Kier alpha value is -1.31. The highest BCUT2D eigenvalue weighted by Gasteiger charge is 1.93. The summed E-state index contributed by atoms with van der Waals surface area (Å²) in [6.07, 6.45) is 1.44. The van der Waals surface area contributed by atoms with Gasteiger partial charge in [-0.3, -0.25) is 0 Å². The molecule has 0 N–H and O–H groups in total. The van der Waals surface area contributed by atoms with Gasteiger partial charge in [-0.25, -0.2) is 4.79 Å². The van der Waals surface area contributed by atoms with Crippen LogP contribution in [0.1, 0.15) is 0 Å². The van der Waals surface area contributed by atoms with E-state index in [1.165, 1.54) is 17.8 Å². The molecule has 0 heterocycles. The molecule has 1 rings (SSSR count). The van der Waals surface area contributed by atoms with Gasteiger partial charge in [0.1, 0.15) is 5.03 Å². The molecule has 0 bridgehead atoms. The lowest BCUT2D eigenvalue weighted by molar-refractivity contribution is 0.565. The first-order valence-electron chi connectivity index (χ1n) is 3.32. The highest BCUT2D eigenvalue weighted by Crippen LogP contribution is 2.24. The maximum Gasteiger partial charge on any atom is 0.241 e. The Morgan fingerprint density at radius 2 is 2.08 bits per heavy atom. The van der Waals surface area contributed by atoms with Crippen molar-refractivity contribution < 1.29 is 4.79 Å². The smallest absolute Gasteiger partial charge is 0.211 e. The van der Waals surface area contributed by atoms with Crippen LogP contribution in [0.25, 0.3) is 0 Å². The molecule has 60 valence electrons. The van der Waals surface area contributed by atoms with E-state index in [0.717, 1.165) is 4.90 Å². The van der Waals surface area contributed by atoms with Crippen molar-refractivity contribution in [2.24, 2.45) is 4.99 Å². The second kappa shape index (κ2) is 4.54. The van der Waals surface area contributed by atoms with E-state index in [1.54, 1.807) is 0 Å². The van der Waals surface area contributed by atoms with Crippen molar-refractivity contribution >= 4 is 17.8 Å². The topological polar surface area (TPSA) is 29.4 Å². The van der Waals surface area contributed by atoms with Gasteiger partial charge in [0.2, 0.25) is 6.08 Å². The predicted octanol–water partition coefficient (Wildman–Crippen LogP) is 2.59. The average Bonchev–Trinajstić information content (AvgIpc) is 2.06. The molecule has 0 amide bonds. The standard InChI is InChI=1S/C9H7NOS/c1-8(10-7-11)12-9-5-3-2-4-6-9/h2-6H,1H2. The molecule has 1 aromatic carbocycles. The summed E-state index contributed by atoms with van der Waals surface area (Å²) in [5.74, 6) is 0. The Morgan fingerprint density at radius 1 is 1.42 bits per heavy atom. The molecule has 0 aliphatic carbocycles. The van der Waals surface area contributed by atoms with E-state index in [2.05, 4.69) is 11.6 Å². The van der Waals surface area contributed by atoms with E-state index in [0.29, 0.717) is 5.03 Å². The van der Waals surface area contributed by atoms with Crippen LogP contribution < -0.4 is 0 Å². The largest absolute Gasteiger partial charge is 0.241 e. The van der Waals surface area contributed by atoms with Crippen molar-refractivity contribution in [2.75, 3.05) is 0 Å². The summed E-state index contributed by atoms with van der Waals surface area (Å²) in [5.41, 5.74) is 0. The highest BCUT2D eigenvalue weighted by molar-refractivity contribution is 8.03. The molecule has 0 atom stereocenters. The number of isocyanates is 1. The number of hydrogen-bond acceptors (Lipinski definition) is 3. The SMILES string of the molecule is C=C(N=C=O)Sc1ccccc1. The van der Waals surface area contributed by atoms with E-state index in [9.17, 15) is 4.79 Å². The summed E-state index contributed by atoms with van der Waals surface area (Å²) in [5, 5.41) is 0.455. The third-order valence-corrected chi connectivity index (χ3v) is 1.98. The quantitative estimate of drug-likeness (QED) is 0.403. The predicted molar refractivity (Wildman–Crippen MR) is 49.6 cm³/mol. The van der Waals surface area contributed by atoms with Gasteiger partial charge in [0, 0.05) is 4.90 Å². The van der Waals surface area contributed by atoms with Crippen molar-refractivity contribution in [1.29, 1.82) is 0 Å². The van der Waals surface area contributed by atoms with Crippen molar-refractivity contribution in [3.63, 3.8) is 0 Å². The van der Waals surface area contributed by atoms with Crippen LogP contribution in [-0.4, -0.2) is 6.08 Å². The Labute approximate surface area is 75.0 Å². The Bertz CT molecular complexity index is 315. The van der Waals surface area contributed by atoms with Crippen LogP contribution in [0.2, 0.25) is 0 Å². The molecule has 2 nitrogen and oxygen atoms in total. The molecule has 0 radical (unpaired) electrons. The van der Waals surface area contributed by atoms with Gasteiger partial charge >= 0.3 is 0 Å². The van der Waals surface area contributed by atoms with Crippen LogP contribution in [0, 0.1) is 0 Å². The van der Waals surface area contributed by atoms with Gasteiger partial charge in [-0.2, -0.15) is 4.99 Å². The van der Waals surface area contributed by atoms with Crippen LogP contribution in [0.15, 0.2) is 51.8 Å².